The Balaban J connectivity index is 1.25. The lowest BCUT2D eigenvalue weighted by Crippen LogP contribution is -2.47. The highest BCUT2D eigenvalue weighted by atomic mass is 19.4. The second-order valence-electron chi connectivity index (χ2n) is 8.12. The molecule has 0 saturated carbocycles. The second-order valence-corrected chi connectivity index (χ2v) is 8.12. The molecule has 1 atom stereocenters. The first kappa shape index (κ1) is 23.3. The Kier molecular flexibility index (Phi) is 6.73. The molecule has 3 aromatic rings. The number of hydrogen-bond donors (Lipinski definition) is 2. The van der Waals surface area contributed by atoms with E-state index >= 15 is 0 Å². The molecule has 4 rings (SSSR count). The van der Waals surface area contributed by atoms with Gasteiger partial charge in [0.15, 0.2) is 0 Å². The summed E-state index contributed by atoms with van der Waals surface area (Å²) < 4.78 is 46.0. The Hall–Kier alpha value is -2.88. The molecule has 0 unspecified atom stereocenters. The summed E-state index contributed by atoms with van der Waals surface area (Å²) in [5.41, 5.74) is 0.654. The standard InChI is InChI=1S/C24H25F3N2O4/c25-24(26,27)33-20-7-5-19(6-8-20)32-14-9-22(30)29-12-10-23(31,11-13-29)18-15-17-3-1-2-4-21(17)28-16-18/h1-8,15-16,22,30-31H,9-14H2/t22-/m0/s1. The molecular weight excluding hydrogens is 437 g/mol. The molecule has 9 heteroatoms. The van der Waals surface area contributed by atoms with Crippen LogP contribution in [-0.4, -0.2) is 52.4 Å². The van der Waals surface area contributed by atoms with E-state index in [0.29, 0.717) is 38.1 Å². The largest absolute Gasteiger partial charge is 0.573 e. The van der Waals surface area contributed by atoms with Gasteiger partial charge >= 0.3 is 6.36 Å². The third kappa shape index (κ3) is 5.93. The molecule has 2 aromatic carbocycles. The van der Waals surface area contributed by atoms with Gasteiger partial charge in [-0.2, -0.15) is 0 Å². The number of aromatic nitrogens is 1. The number of piperidine rings is 1. The molecule has 1 aliphatic heterocycles. The minimum absolute atomic E-state index is 0.190. The molecule has 2 heterocycles. The van der Waals surface area contributed by atoms with Crippen LogP contribution in [0.3, 0.4) is 0 Å². The van der Waals surface area contributed by atoms with Crippen molar-refractivity contribution in [3.8, 4) is 11.5 Å². The molecular formula is C24H25F3N2O4. The van der Waals surface area contributed by atoms with E-state index < -0.39 is 18.2 Å². The van der Waals surface area contributed by atoms with Crippen LogP contribution in [0.25, 0.3) is 10.9 Å². The van der Waals surface area contributed by atoms with Gasteiger partial charge in [0.2, 0.25) is 0 Å². The number of benzene rings is 2. The van der Waals surface area contributed by atoms with Crippen molar-refractivity contribution in [3.05, 3.63) is 66.4 Å². The molecule has 1 aromatic heterocycles. The molecule has 0 bridgehead atoms. The van der Waals surface area contributed by atoms with E-state index in [1.165, 1.54) is 24.3 Å². The van der Waals surface area contributed by atoms with E-state index in [1.807, 2.05) is 35.2 Å². The smallest absolute Gasteiger partial charge is 0.493 e. The average Bonchev–Trinajstić information content (AvgIpc) is 2.79. The topological polar surface area (TPSA) is 75.0 Å². The lowest BCUT2D eigenvalue weighted by atomic mass is 9.84. The number of aliphatic hydroxyl groups is 2. The van der Waals surface area contributed by atoms with Gasteiger partial charge in [-0.25, -0.2) is 0 Å². The Labute approximate surface area is 189 Å². The molecule has 6 nitrogen and oxygen atoms in total. The van der Waals surface area contributed by atoms with Crippen LogP contribution in [0.15, 0.2) is 60.8 Å². The molecule has 2 N–H and O–H groups in total. The van der Waals surface area contributed by atoms with Crippen molar-refractivity contribution >= 4 is 10.9 Å². The van der Waals surface area contributed by atoms with Crippen LogP contribution >= 0.6 is 0 Å². The van der Waals surface area contributed by atoms with Gasteiger partial charge in [-0.1, -0.05) is 18.2 Å². The van der Waals surface area contributed by atoms with Crippen LogP contribution in [0, 0.1) is 0 Å². The maximum Gasteiger partial charge on any atom is 0.573 e. The third-order valence-corrected chi connectivity index (χ3v) is 5.88. The summed E-state index contributed by atoms with van der Waals surface area (Å²) in [4.78, 5) is 6.33. The minimum Gasteiger partial charge on any atom is -0.493 e. The van der Waals surface area contributed by atoms with E-state index in [1.54, 1.807) is 6.20 Å². The number of ether oxygens (including phenoxy) is 2. The fourth-order valence-electron chi connectivity index (χ4n) is 4.01. The number of alkyl halides is 3. The van der Waals surface area contributed by atoms with Crippen molar-refractivity contribution in [2.75, 3.05) is 19.7 Å². The van der Waals surface area contributed by atoms with Crippen molar-refractivity contribution in [2.24, 2.45) is 0 Å². The highest BCUT2D eigenvalue weighted by Crippen LogP contribution is 2.34. The van der Waals surface area contributed by atoms with Crippen LogP contribution in [0.2, 0.25) is 0 Å². The van der Waals surface area contributed by atoms with Gasteiger partial charge in [0.25, 0.3) is 0 Å². The number of hydrogen-bond acceptors (Lipinski definition) is 6. The van der Waals surface area contributed by atoms with E-state index in [4.69, 9.17) is 4.74 Å². The zero-order valence-electron chi connectivity index (χ0n) is 17.8. The summed E-state index contributed by atoms with van der Waals surface area (Å²) in [6.07, 6.45) is -2.53. The molecule has 0 aliphatic carbocycles. The quantitative estimate of drug-likeness (QED) is 0.548. The number of rotatable bonds is 7. The summed E-state index contributed by atoms with van der Waals surface area (Å²) in [7, 11) is 0. The monoisotopic (exact) mass is 462 g/mol. The van der Waals surface area contributed by atoms with Crippen LogP contribution in [0.5, 0.6) is 11.5 Å². The molecule has 1 saturated heterocycles. The molecule has 1 aliphatic rings. The second kappa shape index (κ2) is 9.54. The van der Waals surface area contributed by atoms with Crippen molar-refractivity contribution in [3.63, 3.8) is 0 Å². The molecule has 1 fully saturated rings. The van der Waals surface area contributed by atoms with Gasteiger partial charge in [-0.3, -0.25) is 9.88 Å². The van der Waals surface area contributed by atoms with Crippen molar-refractivity contribution in [2.45, 2.75) is 37.5 Å². The first-order chi connectivity index (χ1) is 15.7. The Morgan fingerprint density at radius 3 is 2.39 bits per heavy atom. The number of nitrogens with zero attached hydrogens (tertiary/aromatic N) is 2. The zero-order valence-corrected chi connectivity index (χ0v) is 17.8. The highest BCUT2D eigenvalue weighted by Gasteiger charge is 2.36. The molecule has 176 valence electrons. The maximum absolute atomic E-state index is 12.2. The lowest BCUT2D eigenvalue weighted by molar-refractivity contribution is -0.274. The Morgan fingerprint density at radius 1 is 1.03 bits per heavy atom. The fraction of sp³-hybridized carbons (Fsp3) is 0.375. The first-order valence-electron chi connectivity index (χ1n) is 10.7. The van der Waals surface area contributed by atoms with Gasteiger partial charge in [0, 0.05) is 36.7 Å². The Morgan fingerprint density at radius 2 is 1.70 bits per heavy atom. The summed E-state index contributed by atoms with van der Waals surface area (Å²) in [6, 6.07) is 14.8. The summed E-state index contributed by atoms with van der Waals surface area (Å²) in [5, 5.41) is 22.7. The predicted octanol–water partition coefficient (Wildman–Crippen LogP) is 4.20. The SMILES string of the molecule is O[C@@H](CCOc1ccc(OC(F)(F)F)cc1)N1CCC(O)(c2cnc3ccccc3c2)CC1. The number of pyridine rings is 1. The summed E-state index contributed by atoms with van der Waals surface area (Å²) >= 11 is 0. The minimum atomic E-state index is -4.74. The number of likely N-dealkylation sites (tertiary alicyclic amines) is 1. The van der Waals surface area contributed by atoms with Crippen LogP contribution in [0.1, 0.15) is 24.8 Å². The highest BCUT2D eigenvalue weighted by molar-refractivity contribution is 5.78. The van der Waals surface area contributed by atoms with Crippen molar-refractivity contribution in [1.82, 2.24) is 9.88 Å². The summed E-state index contributed by atoms with van der Waals surface area (Å²) in [5.74, 6) is 0.0610. The predicted molar refractivity (Wildman–Crippen MR) is 116 cm³/mol. The van der Waals surface area contributed by atoms with Gasteiger partial charge in [0.1, 0.15) is 17.7 Å². The van der Waals surface area contributed by atoms with Crippen molar-refractivity contribution in [1.29, 1.82) is 0 Å². The van der Waals surface area contributed by atoms with E-state index in [2.05, 4.69) is 9.72 Å². The van der Waals surface area contributed by atoms with Crippen molar-refractivity contribution < 1.29 is 32.9 Å². The number of aliphatic hydroxyl groups excluding tert-OH is 1. The maximum atomic E-state index is 12.2. The average molecular weight is 462 g/mol. The van der Waals surface area contributed by atoms with E-state index in [-0.39, 0.29) is 12.4 Å². The first-order valence-corrected chi connectivity index (χ1v) is 10.7. The molecule has 0 radical (unpaired) electrons. The number of halogens is 3. The van der Waals surface area contributed by atoms with Gasteiger partial charge in [-0.05, 0) is 49.2 Å². The number of para-hydroxylation sites is 1. The summed E-state index contributed by atoms with van der Waals surface area (Å²) in [6.45, 7) is 1.21. The fourth-order valence-corrected chi connectivity index (χ4v) is 4.01. The van der Waals surface area contributed by atoms with Gasteiger partial charge < -0.3 is 19.7 Å². The van der Waals surface area contributed by atoms with E-state index in [9.17, 15) is 23.4 Å². The third-order valence-electron chi connectivity index (χ3n) is 5.88. The van der Waals surface area contributed by atoms with Crippen LogP contribution in [0.4, 0.5) is 13.2 Å². The van der Waals surface area contributed by atoms with E-state index in [0.717, 1.165) is 16.5 Å². The molecule has 0 amide bonds. The van der Waals surface area contributed by atoms with Gasteiger partial charge in [-0.15, -0.1) is 13.2 Å². The van der Waals surface area contributed by atoms with Gasteiger partial charge in [0.05, 0.1) is 17.7 Å². The number of fused-ring (bicyclic) bond motifs is 1. The zero-order chi connectivity index (χ0) is 23.5. The molecule has 33 heavy (non-hydrogen) atoms. The molecule has 0 spiro atoms. The lowest BCUT2D eigenvalue weighted by Gasteiger charge is -2.40. The normalized spacial score (nSPS) is 17.6. The van der Waals surface area contributed by atoms with Crippen LogP contribution in [-0.2, 0) is 5.60 Å². The van der Waals surface area contributed by atoms with Crippen LogP contribution < -0.4 is 9.47 Å². The Bertz CT molecular complexity index is 1070.